The number of para-hydroxylation sites is 1. The molecule has 0 bridgehead atoms. The quantitative estimate of drug-likeness (QED) is 0.493. The van der Waals surface area contributed by atoms with Gasteiger partial charge in [0.2, 0.25) is 5.91 Å². The highest BCUT2D eigenvalue weighted by Crippen LogP contribution is 2.43. The van der Waals surface area contributed by atoms with Crippen LogP contribution in [0.1, 0.15) is 36.1 Å². The molecule has 0 saturated carbocycles. The maximum absolute atomic E-state index is 13.5. The Bertz CT molecular complexity index is 1370. The lowest BCUT2D eigenvalue weighted by molar-refractivity contribution is -0.172. The Morgan fingerprint density at radius 2 is 2.13 bits per heavy atom. The summed E-state index contributed by atoms with van der Waals surface area (Å²) in [5.74, 6) is -1.41. The van der Waals surface area contributed by atoms with Gasteiger partial charge in [-0.15, -0.1) is 0 Å². The number of rotatable bonds is 3. The van der Waals surface area contributed by atoms with Crippen molar-refractivity contribution in [2.75, 3.05) is 0 Å². The molecule has 0 saturated heterocycles. The van der Waals surface area contributed by atoms with E-state index in [1.807, 2.05) is 30.3 Å². The molecule has 156 valence electrons. The number of hydrogen-bond acceptors (Lipinski definition) is 6. The van der Waals surface area contributed by atoms with Crippen molar-refractivity contribution in [3.8, 4) is 11.4 Å². The maximum Gasteiger partial charge on any atom is 0.343 e. The molecule has 3 N–H and O–H groups in total. The molecule has 31 heavy (non-hydrogen) atoms. The van der Waals surface area contributed by atoms with Crippen LogP contribution in [0.5, 0.6) is 0 Å². The summed E-state index contributed by atoms with van der Waals surface area (Å²) < 4.78 is 6.62. The van der Waals surface area contributed by atoms with Crippen LogP contribution in [0.4, 0.5) is 0 Å². The van der Waals surface area contributed by atoms with E-state index in [-0.39, 0.29) is 24.2 Å². The highest BCUT2D eigenvalue weighted by Gasteiger charge is 2.46. The second-order valence-corrected chi connectivity index (χ2v) is 7.71. The van der Waals surface area contributed by atoms with Crippen molar-refractivity contribution < 1.29 is 19.4 Å². The molecule has 8 heteroatoms. The molecule has 0 fully saturated rings. The van der Waals surface area contributed by atoms with Crippen LogP contribution in [0, 0.1) is 0 Å². The number of hydrogen-bond donors (Lipinski definition) is 2. The summed E-state index contributed by atoms with van der Waals surface area (Å²) in [6, 6.07) is 10.5. The van der Waals surface area contributed by atoms with Gasteiger partial charge in [0.15, 0.2) is 5.60 Å². The predicted molar refractivity (Wildman–Crippen MR) is 112 cm³/mol. The second kappa shape index (κ2) is 6.61. The van der Waals surface area contributed by atoms with E-state index in [0.717, 1.165) is 16.5 Å². The Morgan fingerprint density at radius 3 is 2.87 bits per heavy atom. The number of nitrogens with zero attached hydrogens (tertiary/aromatic N) is 2. The van der Waals surface area contributed by atoms with E-state index in [4.69, 9.17) is 15.5 Å². The first-order valence-corrected chi connectivity index (χ1v) is 9.91. The molecule has 8 nitrogen and oxygen atoms in total. The van der Waals surface area contributed by atoms with Crippen molar-refractivity contribution >= 4 is 22.8 Å². The number of carbonyl (C=O) groups is 2. The first-order valence-electron chi connectivity index (χ1n) is 9.91. The van der Waals surface area contributed by atoms with Gasteiger partial charge in [0.05, 0.1) is 28.5 Å². The normalized spacial score (nSPS) is 21.6. The summed E-state index contributed by atoms with van der Waals surface area (Å²) in [5, 5.41) is 11.9. The SMILES string of the molecule is CC[C@@]1(O)C(=O)OCc2c1cc1n(c2=O)C(/C=C/C(N)=O)c2cc3ccccc3nc2-1. The minimum Gasteiger partial charge on any atom is -0.458 e. The average molecular weight is 417 g/mol. The van der Waals surface area contributed by atoms with Gasteiger partial charge in [-0.1, -0.05) is 31.2 Å². The van der Waals surface area contributed by atoms with Gasteiger partial charge in [0.1, 0.15) is 6.61 Å². The fraction of sp³-hybridized carbons (Fsp3) is 0.217. The van der Waals surface area contributed by atoms with Gasteiger partial charge >= 0.3 is 5.97 Å². The van der Waals surface area contributed by atoms with Crippen LogP contribution in [0.15, 0.2) is 53.3 Å². The van der Waals surface area contributed by atoms with E-state index in [1.54, 1.807) is 19.1 Å². The van der Waals surface area contributed by atoms with E-state index in [1.165, 1.54) is 10.6 Å². The van der Waals surface area contributed by atoms with Gasteiger partial charge < -0.3 is 15.6 Å². The third-order valence-corrected chi connectivity index (χ3v) is 6.02. The zero-order valence-corrected chi connectivity index (χ0v) is 16.7. The molecule has 2 aliphatic heterocycles. The maximum atomic E-state index is 13.5. The molecule has 2 atom stereocenters. The van der Waals surface area contributed by atoms with Crippen LogP contribution in [0.2, 0.25) is 0 Å². The van der Waals surface area contributed by atoms with E-state index < -0.39 is 29.1 Å². The monoisotopic (exact) mass is 417 g/mol. The molecule has 2 aromatic heterocycles. The van der Waals surface area contributed by atoms with Crippen LogP contribution >= 0.6 is 0 Å². The molecule has 2 aliphatic rings. The van der Waals surface area contributed by atoms with Crippen molar-refractivity contribution in [2.45, 2.75) is 31.6 Å². The summed E-state index contributed by atoms with van der Waals surface area (Å²) in [5.41, 5.74) is 5.92. The van der Waals surface area contributed by atoms with E-state index in [0.29, 0.717) is 11.4 Å². The molecular weight excluding hydrogens is 398 g/mol. The van der Waals surface area contributed by atoms with Crippen LogP contribution in [0.25, 0.3) is 22.3 Å². The summed E-state index contributed by atoms with van der Waals surface area (Å²) in [6.07, 6.45) is 2.83. The lowest BCUT2D eigenvalue weighted by atomic mass is 9.86. The van der Waals surface area contributed by atoms with E-state index >= 15 is 0 Å². The molecule has 0 aliphatic carbocycles. The summed E-state index contributed by atoms with van der Waals surface area (Å²) in [6.45, 7) is 1.42. The summed E-state index contributed by atoms with van der Waals surface area (Å²) >= 11 is 0. The molecule has 4 heterocycles. The summed E-state index contributed by atoms with van der Waals surface area (Å²) in [4.78, 5) is 42.0. The largest absolute Gasteiger partial charge is 0.458 e. The van der Waals surface area contributed by atoms with E-state index in [2.05, 4.69) is 0 Å². The number of benzene rings is 1. The third-order valence-electron chi connectivity index (χ3n) is 6.02. The number of ether oxygens (including phenoxy) is 1. The van der Waals surface area contributed by atoms with Gasteiger partial charge in [-0.05, 0) is 24.6 Å². The van der Waals surface area contributed by atoms with Gasteiger partial charge in [0.25, 0.3) is 5.56 Å². The average Bonchev–Trinajstić information content (AvgIpc) is 3.06. The predicted octanol–water partition coefficient (Wildman–Crippen LogP) is 1.66. The third kappa shape index (κ3) is 2.65. The van der Waals surface area contributed by atoms with E-state index in [9.17, 15) is 19.5 Å². The lowest BCUT2D eigenvalue weighted by Crippen LogP contribution is -2.44. The second-order valence-electron chi connectivity index (χ2n) is 7.71. The lowest BCUT2D eigenvalue weighted by Gasteiger charge is -2.32. The molecule has 1 aromatic carbocycles. The number of pyridine rings is 2. The number of allylic oxidation sites excluding steroid dienone is 1. The number of primary amides is 1. The van der Waals surface area contributed by atoms with Crippen molar-refractivity contribution in [3.63, 3.8) is 0 Å². The minimum absolute atomic E-state index is 0.0603. The number of esters is 1. The Balaban J connectivity index is 1.86. The first kappa shape index (κ1) is 19.2. The zero-order valence-electron chi connectivity index (χ0n) is 16.7. The number of amides is 1. The number of fused-ring (bicyclic) bond motifs is 5. The number of aliphatic hydroxyl groups is 1. The van der Waals surface area contributed by atoms with Crippen LogP contribution in [-0.4, -0.2) is 26.5 Å². The number of carbonyl (C=O) groups excluding carboxylic acids is 2. The van der Waals surface area contributed by atoms with Crippen molar-refractivity contribution in [1.29, 1.82) is 0 Å². The molecule has 1 amide bonds. The van der Waals surface area contributed by atoms with Crippen molar-refractivity contribution in [2.24, 2.45) is 5.73 Å². The van der Waals surface area contributed by atoms with Gasteiger partial charge in [0, 0.05) is 22.6 Å². The van der Waals surface area contributed by atoms with Gasteiger partial charge in [-0.3, -0.25) is 14.2 Å². The summed E-state index contributed by atoms with van der Waals surface area (Å²) in [7, 11) is 0. The number of cyclic esters (lactones) is 1. The smallest absolute Gasteiger partial charge is 0.343 e. The molecular formula is C23H19N3O5. The highest BCUT2D eigenvalue weighted by molar-refractivity contribution is 5.88. The fourth-order valence-corrected chi connectivity index (χ4v) is 4.41. The topological polar surface area (TPSA) is 125 Å². The molecule has 0 radical (unpaired) electrons. The molecule has 1 unspecified atom stereocenters. The highest BCUT2D eigenvalue weighted by atomic mass is 16.6. The first-order chi connectivity index (χ1) is 14.8. The van der Waals surface area contributed by atoms with Gasteiger partial charge in [-0.25, -0.2) is 9.78 Å². The number of aromatic nitrogens is 2. The standard InChI is InChI=1S/C23H19N3O5/c1-2-23(30)15-10-18-20-13(9-12-5-3-4-6-16(12)25-20)17(7-8-19(24)27)26(18)21(28)14(15)11-31-22(23)29/h3-10,17,30H,2,11H2,1H3,(H2,24,27)/b8-7+/t17?,23-/m0/s1. The zero-order chi connectivity index (χ0) is 21.9. The number of nitrogens with two attached hydrogens (primary N) is 1. The fourth-order valence-electron chi connectivity index (χ4n) is 4.41. The van der Waals surface area contributed by atoms with Crippen LogP contribution < -0.4 is 11.3 Å². The minimum atomic E-state index is -1.90. The van der Waals surface area contributed by atoms with Crippen LogP contribution in [0.3, 0.4) is 0 Å². The van der Waals surface area contributed by atoms with Crippen molar-refractivity contribution in [3.05, 3.63) is 75.6 Å². The molecule has 5 rings (SSSR count). The van der Waals surface area contributed by atoms with Crippen molar-refractivity contribution in [1.82, 2.24) is 9.55 Å². The Kier molecular flexibility index (Phi) is 4.10. The van der Waals surface area contributed by atoms with Gasteiger partial charge in [-0.2, -0.15) is 0 Å². The van der Waals surface area contributed by atoms with Crippen LogP contribution in [-0.2, 0) is 26.5 Å². The molecule has 0 spiro atoms. The Hall–Kier alpha value is -3.78. The Labute approximate surface area is 176 Å². The Morgan fingerprint density at radius 1 is 1.35 bits per heavy atom. The molecule has 3 aromatic rings.